The number of anilines is 1. The van der Waals surface area contributed by atoms with Crippen LogP contribution in [0.5, 0.6) is 0 Å². The zero-order valence-corrected chi connectivity index (χ0v) is 20.0. The third-order valence-electron chi connectivity index (χ3n) is 7.10. The number of fused-ring (bicyclic) bond motifs is 3. The predicted molar refractivity (Wildman–Crippen MR) is 132 cm³/mol. The van der Waals surface area contributed by atoms with Crippen molar-refractivity contribution in [2.75, 3.05) is 11.4 Å². The lowest BCUT2D eigenvalue weighted by atomic mass is 9.98. The van der Waals surface area contributed by atoms with Gasteiger partial charge in [0, 0.05) is 37.5 Å². The van der Waals surface area contributed by atoms with Gasteiger partial charge in [0.05, 0.1) is 23.6 Å². The summed E-state index contributed by atoms with van der Waals surface area (Å²) >= 11 is 0. The zero-order chi connectivity index (χ0) is 24.6. The second-order valence-electron chi connectivity index (χ2n) is 9.37. The van der Waals surface area contributed by atoms with Crippen molar-refractivity contribution in [3.05, 3.63) is 78.4 Å². The van der Waals surface area contributed by atoms with Crippen LogP contribution in [0.1, 0.15) is 61.5 Å². The summed E-state index contributed by atoms with van der Waals surface area (Å²) in [7, 11) is 0. The third-order valence-corrected chi connectivity index (χ3v) is 7.10. The largest absolute Gasteiger partial charge is 0.350 e. The van der Waals surface area contributed by atoms with Gasteiger partial charge < -0.3 is 14.8 Å². The van der Waals surface area contributed by atoms with E-state index in [2.05, 4.69) is 10.3 Å². The fourth-order valence-corrected chi connectivity index (χ4v) is 5.18. The van der Waals surface area contributed by atoms with E-state index in [1.54, 1.807) is 28.4 Å². The van der Waals surface area contributed by atoms with E-state index in [1.165, 1.54) is 0 Å². The van der Waals surface area contributed by atoms with Crippen molar-refractivity contribution < 1.29 is 14.4 Å². The van der Waals surface area contributed by atoms with E-state index < -0.39 is 5.66 Å². The van der Waals surface area contributed by atoms with Gasteiger partial charge in [0.1, 0.15) is 5.66 Å². The fourth-order valence-electron chi connectivity index (χ4n) is 5.18. The molecule has 2 aromatic carbocycles. The first-order valence-corrected chi connectivity index (χ1v) is 12.0. The molecule has 5 rings (SSSR count). The molecule has 2 unspecified atom stereocenters. The van der Waals surface area contributed by atoms with Gasteiger partial charge in [-0.1, -0.05) is 24.3 Å². The summed E-state index contributed by atoms with van der Waals surface area (Å²) in [4.78, 5) is 46.2. The van der Waals surface area contributed by atoms with Crippen molar-refractivity contribution in [2.45, 2.75) is 51.2 Å². The number of aromatic nitrogens is 2. The summed E-state index contributed by atoms with van der Waals surface area (Å²) in [5, 5.41) is 3.05. The lowest BCUT2D eigenvalue weighted by molar-refractivity contribution is -0.122. The highest BCUT2D eigenvalue weighted by atomic mass is 16.2. The maximum Gasteiger partial charge on any atom is 0.257 e. The molecule has 2 aliphatic heterocycles. The maximum atomic E-state index is 13.3. The summed E-state index contributed by atoms with van der Waals surface area (Å²) in [6.07, 6.45) is 7.17. The second-order valence-corrected chi connectivity index (χ2v) is 9.37. The minimum absolute atomic E-state index is 0.0306. The molecule has 1 saturated heterocycles. The van der Waals surface area contributed by atoms with Gasteiger partial charge in [0.25, 0.3) is 5.91 Å². The van der Waals surface area contributed by atoms with Gasteiger partial charge in [-0.3, -0.25) is 19.3 Å². The molecule has 0 radical (unpaired) electrons. The first-order chi connectivity index (χ1) is 16.9. The van der Waals surface area contributed by atoms with E-state index in [9.17, 15) is 14.4 Å². The smallest absolute Gasteiger partial charge is 0.257 e. The number of hydrogen-bond acceptors (Lipinski definition) is 4. The molecule has 3 aromatic rings. The lowest BCUT2D eigenvalue weighted by Gasteiger charge is -2.48. The van der Waals surface area contributed by atoms with Crippen molar-refractivity contribution in [1.82, 2.24) is 19.8 Å². The van der Waals surface area contributed by atoms with Gasteiger partial charge in [-0.15, -0.1) is 0 Å². The SMILES string of the molecule is CC(NC(=O)CCCN1C(=O)c2ccccc2N2C(=O)CCC12C)c1ccc(-n2ccnc2)cc1. The van der Waals surface area contributed by atoms with Crippen LogP contribution in [0.25, 0.3) is 5.69 Å². The molecule has 0 saturated carbocycles. The van der Waals surface area contributed by atoms with E-state index in [0.29, 0.717) is 43.5 Å². The Morgan fingerprint density at radius 1 is 1.14 bits per heavy atom. The van der Waals surface area contributed by atoms with Crippen molar-refractivity contribution >= 4 is 23.4 Å². The number of nitrogens with one attached hydrogen (secondary N) is 1. The van der Waals surface area contributed by atoms with E-state index in [4.69, 9.17) is 0 Å². The summed E-state index contributed by atoms with van der Waals surface area (Å²) in [6.45, 7) is 4.31. The zero-order valence-electron chi connectivity index (χ0n) is 20.0. The third kappa shape index (κ3) is 4.09. The molecule has 0 aliphatic carbocycles. The molecule has 2 atom stereocenters. The molecule has 1 aromatic heterocycles. The number of para-hydroxylation sites is 1. The first kappa shape index (κ1) is 22.8. The van der Waals surface area contributed by atoms with Crippen LogP contribution in [-0.4, -0.2) is 44.4 Å². The molecule has 8 heteroatoms. The van der Waals surface area contributed by atoms with Crippen LogP contribution in [0.2, 0.25) is 0 Å². The topological polar surface area (TPSA) is 87.5 Å². The van der Waals surface area contributed by atoms with Crippen LogP contribution in [-0.2, 0) is 9.59 Å². The Bertz CT molecular complexity index is 1250. The van der Waals surface area contributed by atoms with Crippen molar-refractivity contribution in [2.24, 2.45) is 0 Å². The molecule has 180 valence electrons. The van der Waals surface area contributed by atoms with Gasteiger partial charge in [0.15, 0.2) is 0 Å². The average molecular weight is 472 g/mol. The number of benzene rings is 2. The number of amides is 3. The molecule has 3 heterocycles. The summed E-state index contributed by atoms with van der Waals surface area (Å²) < 4.78 is 1.92. The normalized spacial score (nSPS) is 19.9. The maximum absolute atomic E-state index is 13.3. The van der Waals surface area contributed by atoms with Crippen LogP contribution in [0.3, 0.4) is 0 Å². The van der Waals surface area contributed by atoms with Crippen LogP contribution >= 0.6 is 0 Å². The average Bonchev–Trinajstić information content (AvgIpc) is 3.50. The molecule has 0 bridgehead atoms. The second kappa shape index (κ2) is 9.02. The first-order valence-electron chi connectivity index (χ1n) is 12.0. The van der Waals surface area contributed by atoms with Gasteiger partial charge in [-0.05, 0) is 56.5 Å². The fraction of sp³-hybridized carbons (Fsp3) is 0.333. The Balaban J connectivity index is 1.20. The van der Waals surface area contributed by atoms with Gasteiger partial charge in [-0.2, -0.15) is 0 Å². The highest BCUT2D eigenvalue weighted by molar-refractivity contribution is 6.10. The van der Waals surface area contributed by atoms with Crippen LogP contribution in [0, 0.1) is 0 Å². The molecule has 1 fully saturated rings. The Morgan fingerprint density at radius 2 is 1.91 bits per heavy atom. The Hall–Kier alpha value is -3.94. The van der Waals surface area contributed by atoms with Crippen molar-refractivity contribution in [3.8, 4) is 5.69 Å². The number of carbonyl (C=O) groups is 3. The monoisotopic (exact) mass is 471 g/mol. The molecule has 2 aliphatic rings. The number of carbonyl (C=O) groups excluding carboxylic acids is 3. The Labute approximate surface area is 204 Å². The van der Waals surface area contributed by atoms with E-state index in [1.807, 2.05) is 67.1 Å². The number of nitrogens with zero attached hydrogens (tertiary/aromatic N) is 4. The molecule has 1 N–H and O–H groups in total. The van der Waals surface area contributed by atoms with Gasteiger partial charge >= 0.3 is 0 Å². The van der Waals surface area contributed by atoms with Gasteiger partial charge in [0.2, 0.25) is 11.8 Å². The van der Waals surface area contributed by atoms with E-state index in [-0.39, 0.29) is 23.8 Å². The molecular weight excluding hydrogens is 442 g/mol. The Kier molecular flexibility index (Phi) is 5.88. The van der Waals surface area contributed by atoms with Crippen LogP contribution in [0.4, 0.5) is 5.69 Å². The minimum atomic E-state index is -0.691. The predicted octanol–water partition coefficient (Wildman–Crippen LogP) is 3.83. The van der Waals surface area contributed by atoms with Gasteiger partial charge in [-0.25, -0.2) is 4.98 Å². The molecule has 0 spiro atoms. The molecule has 3 amide bonds. The number of imidazole rings is 1. The molecular formula is C27H29N5O3. The quantitative estimate of drug-likeness (QED) is 0.567. The summed E-state index contributed by atoms with van der Waals surface area (Å²) in [5.41, 5.74) is 2.55. The van der Waals surface area contributed by atoms with Crippen molar-refractivity contribution in [1.29, 1.82) is 0 Å². The highest BCUT2D eigenvalue weighted by Gasteiger charge is 2.52. The summed E-state index contributed by atoms with van der Waals surface area (Å²) in [6, 6.07) is 15.1. The highest BCUT2D eigenvalue weighted by Crippen LogP contribution is 2.44. The summed E-state index contributed by atoms with van der Waals surface area (Å²) in [5.74, 6) is -0.116. The number of rotatable bonds is 7. The van der Waals surface area contributed by atoms with Crippen molar-refractivity contribution in [3.63, 3.8) is 0 Å². The van der Waals surface area contributed by atoms with E-state index in [0.717, 1.165) is 11.3 Å². The molecule has 8 nitrogen and oxygen atoms in total. The standard InChI is InChI=1S/C27H29N5O3/c1-19(20-9-11-21(12-10-20)30-17-15-28-18-30)29-24(33)8-5-16-31-26(35)22-6-3-4-7-23(22)32-25(34)13-14-27(31,32)2/h3-4,6-7,9-12,15,17-19H,5,8,13-14,16H2,1-2H3,(H,29,33). The molecule has 35 heavy (non-hydrogen) atoms. The lowest BCUT2D eigenvalue weighted by Crippen LogP contribution is -2.62. The van der Waals surface area contributed by atoms with Crippen LogP contribution < -0.4 is 10.2 Å². The Morgan fingerprint density at radius 3 is 2.66 bits per heavy atom. The van der Waals surface area contributed by atoms with Crippen LogP contribution in [0.15, 0.2) is 67.3 Å². The number of hydrogen-bond donors (Lipinski definition) is 1. The minimum Gasteiger partial charge on any atom is -0.350 e. The van der Waals surface area contributed by atoms with E-state index >= 15 is 0 Å².